The molecule has 1 aromatic carbocycles. The van der Waals surface area contributed by atoms with Gasteiger partial charge in [0, 0.05) is 45.3 Å². The third kappa shape index (κ3) is 4.13. The second-order valence-corrected chi connectivity index (χ2v) is 7.28. The van der Waals surface area contributed by atoms with E-state index < -0.39 is 0 Å². The van der Waals surface area contributed by atoms with E-state index in [9.17, 15) is 0 Å². The van der Waals surface area contributed by atoms with E-state index in [4.69, 9.17) is 5.73 Å². The molecule has 23 heavy (non-hydrogen) atoms. The van der Waals surface area contributed by atoms with Crippen molar-refractivity contribution in [2.45, 2.75) is 32.4 Å². The lowest BCUT2D eigenvalue weighted by Crippen LogP contribution is -2.44. The van der Waals surface area contributed by atoms with Crippen molar-refractivity contribution in [2.75, 3.05) is 52.9 Å². The second-order valence-electron chi connectivity index (χ2n) is 7.28. The largest absolute Gasteiger partial charge is 0.329 e. The molecule has 3 rings (SSSR count). The number of nitrogens with zero attached hydrogens (tertiary/aromatic N) is 3. The predicted molar refractivity (Wildman–Crippen MR) is 96.6 cm³/mol. The molecule has 1 saturated heterocycles. The van der Waals surface area contributed by atoms with Gasteiger partial charge in [-0.3, -0.25) is 4.90 Å². The highest BCUT2D eigenvalue weighted by atomic mass is 15.2. The maximum Gasteiger partial charge on any atom is 0.0477 e. The van der Waals surface area contributed by atoms with Gasteiger partial charge in [0.15, 0.2) is 0 Å². The lowest BCUT2D eigenvalue weighted by molar-refractivity contribution is 0.148. The molecule has 0 radical (unpaired) electrons. The van der Waals surface area contributed by atoms with Gasteiger partial charge < -0.3 is 15.5 Å². The van der Waals surface area contributed by atoms with Crippen LogP contribution < -0.4 is 5.73 Å². The van der Waals surface area contributed by atoms with Gasteiger partial charge in [0.2, 0.25) is 0 Å². The van der Waals surface area contributed by atoms with Gasteiger partial charge in [0.25, 0.3) is 0 Å². The molecule has 4 nitrogen and oxygen atoms in total. The third-order valence-corrected chi connectivity index (χ3v) is 5.46. The van der Waals surface area contributed by atoms with Crippen LogP contribution in [0.4, 0.5) is 0 Å². The zero-order chi connectivity index (χ0) is 16.2. The summed E-state index contributed by atoms with van der Waals surface area (Å²) < 4.78 is 0. The van der Waals surface area contributed by atoms with Gasteiger partial charge in [-0.15, -0.1) is 0 Å². The van der Waals surface area contributed by atoms with Crippen LogP contribution in [0.15, 0.2) is 18.2 Å². The first kappa shape index (κ1) is 16.9. The highest BCUT2D eigenvalue weighted by Gasteiger charge is 2.28. The molecule has 2 aliphatic rings. The highest BCUT2D eigenvalue weighted by molar-refractivity contribution is 5.37. The van der Waals surface area contributed by atoms with Crippen LogP contribution in [0.2, 0.25) is 0 Å². The van der Waals surface area contributed by atoms with Crippen molar-refractivity contribution >= 4 is 0 Å². The fraction of sp³-hybridized carbons (Fsp3) is 0.684. The second kappa shape index (κ2) is 7.75. The van der Waals surface area contributed by atoms with Gasteiger partial charge in [-0.05, 0) is 51.0 Å². The Morgan fingerprint density at radius 1 is 1.09 bits per heavy atom. The number of benzene rings is 1. The van der Waals surface area contributed by atoms with E-state index in [0.717, 1.165) is 13.1 Å². The van der Waals surface area contributed by atoms with E-state index in [1.165, 1.54) is 68.8 Å². The van der Waals surface area contributed by atoms with Gasteiger partial charge in [-0.1, -0.05) is 23.8 Å². The zero-order valence-corrected chi connectivity index (χ0v) is 14.8. The van der Waals surface area contributed by atoms with E-state index in [-0.39, 0.29) is 0 Å². The quantitative estimate of drug-likeness (QED) is 0.813. The number of unbranched alkanes of at least 4 members (excludes halogenated alkanes) is 1. The van der Waals surface area contributed by atoms with Crippen LogP contribution in [0.1, 0.15) is 35.6 Å². The average molecular weight is 316 g/mol. The Kier molecular flexibility index (Phi) is 5.70. The van der Waals surface area contributed by atoms with Crippen molar-refractivity contribution in [3.05, 3.63) is 34.9 Å². The Hall–Kier alpha value is -0.940. The summed E-state index contributed by atoms with van der Waals surface area (Å²) in [5.74, 6) is 0. The molecule has 0 spiro atoms. The first-order valence-corrected chi connectivity index (χ1v) is 9.12. The fourth-order valence-corrected chi connectivity index (χ4v) is 3.93. The summed E-state index contributed by atoms with van der Waals surface area (Å²) in [6.45, 7) is 11.3. The SMILES string of the molecule is Cc1ccc2c(c1)C(CN)N(CCCCN1CCN(C)CC1)C2. The molecule has 0 saturated carbocycles. The summed E-state index contributed by atoms with van der Waals surface area (Å²) in [6.07, 6.45) is 2.57. The lowest BCUT2D eigenvalue weighted by atomic mass is 10.0. The number of hydrogen-bond donors (Lipinski definition) is 1. The van der Waals surface area contributed by atoms with E-state index in [2.05, 4.69) is 46.9 Å². The summed E-state index contributed by atoms with van der Waals surface area (Å²) in [7, 11) is 2.22. The van der Waals surface area contributed by atoms with Crippen molar-refractivity contribution < 1.29 is 0 Å². The zero-order valence-electron chi connectivity index (χ0n) is 14.8. The lowest BCUT2D eigenvalue weighted by Gasteiger charge is -2.32. The normalized spacial score (nSPS) is 23.3. The maximum atomic E-state index is 6.07. The van der Waals surface area contributed by atoms with Crippen molar-refractivity contribution in [3.8, 4) is 0 Å². The van der Waals surface area contributed by atoms with Crippen LogP contribution in [0.5, 0.6) is 0 Å². The number of nitrogens with two attached hydrogens (primary N) is 1. The number of rotatable bonds is 6. The first-order chi connectivity index (χ1) is 11.2. The van der Waals surface area contributed by atoms with Gasteiger partial charge in [-0.25, -0.2) is 0 Å². The Morgan fingerprint density at radius 3 is 2.57 bits per heavy atom. The number of likely N-dealkylation sites (N-methyl/N-ethyl adjacent to an activating group) is 1. The minimum Gasteiger partial charge on any atom is -0.329 e. The third-order valence-electron chi connectivity index (χ3n) is 5.46. The molecule has 0 aliphatic carbocycles. The molecular weight excluding hydrogens is 284 g/mol. The topological polar surface area (TPSA) is 35.7 Å². The minimum atomic E-state index is 0.425. The van der Waals surface area contributed by atoms with Gasteiger partial charge in [0.05, 0.1) is 0 Å². The summed E-state index contributed by atoms with van der Waals surface area (Å²) in [5.41, 5.74) is 10.4. The van der Waals surface area contributed by atoms with Gasteiger partial charge >= 0.3 is 0 Å². The smallest absolute Gasteiger partial charge is 0.0477 e. The maximum absolute atomic E-state index is 6.07. The van der Waals surface area contributed by atoms with Crippen LogP contribution in [-0.4, -0.2) is 67.6 Å². The van der Waals surface area contributed by atoms with Gasteiger partial charge in [0.1, 0.15) is 0 Å². The number of fused-ring (bicyclic) bond motifs is 1. The monoisotopic (exact) mass is 316 g/mol. The van der Waals surface area contributed by atoms with E-state index in [0.29, 0.717) is 6.04 Å². The number of aryl methyl sites for hydroxylation is 1. The average Bonchev–Trinajstić information content (AvgIpc) is 2.90. The summed E-state index contributed by atoms with van der Waals surface area (Å²) in [5, 5.41) is 0. The van der Waals surface area contributed by atoms with Gasteiger partial charge in [-0.2, -0.15) is 0 Å². The van der Waals surface area contributed by atoms with E-state index in [1.54, 1.807) is 0 Å². The van der Waals surface area contributed by atoms with Crippen molar-refractivity contribution in [1.82, 2.24) is 14.7 Å². The molecule has 4 heteroatoms. The van der Waals surface area contributed by atoms with Crippen LogP contribution in [0, 0.1) is 6.92 Å². The predicted octanol–water partition coefficient (Wildman–Crippen LogP) is 1.84. The van der Waals surface area contributed by atoms with Crippen molar-refractivity contribution in [3.63, 3.8) is 0 Å². The molecule has 2 N–H and O–H groups in total. The minimum absolute atomic E-state index is 0.425. The van der Waals surface area contributed by atoms with Crippen LogP contribution >= 0.6 is 0 Å². The summed E-state index contributed by atoms with van der Waals surface area (Å²) in [6, 6.07) is 7.27. The summed E-state index contributed by atoms with van der Waals surface area (Å²) in [4.78, 5) is 7.61. The summed E-state index contributed by atoms with van der Waals surface area (Å²) >= 11 is 0. The molecule has 0 bridgehead atoms. The molecule has 1 atom stereocenters. The van der Waals surface area contributed by atoms with Crippen LogP contribution in [0.25, 0.3) is 0 Å². The Morgan fingerprint density at radius 2 is 1.83 bits per heavy atom. The molecule has 128 valence electrons. The first-order valence-electron chi connectivity index (χ1n) is 9.12. The molecule has 1 aromatic rings. The number of piperazine rings is 1. The van der Waals surface area contributed by atoms with Crippen LogP contribution in [-0.2, 0) is 6.54 Å². The molecule has 1 unspecified atom stereocenters. The van der Waals surface area contributed by atoms with E-state index >= 15 is 0 Å². The molecule has 1 fully saturated rings. The molecule has 0 aromatic heterocycles. The standard InChI is InChI=1S/C19H32N4/c1-16-5-6-17-15-23(19(14-20)18(17)13-16)8-4-3-7-22-11-9-21(2)10-12-22/h5-6,13,19H,3-4,7-12,14-15,20H2,1-2H3. The molecule has 0 amide bonds. The highest BCUT2D eigenvalue weighted by Crippen LogP contribution is 2.33. The van der Waals surface area contributed by atoms with Crippen molar-refractivity contribution in [2.24, 2.45) is 5.73 Å². The van der Waals surface area contributed by atoms with Crippen molar-refractivity contribution in [1.29, 1.82) is 0 Å². The molecule has 2 aliphatic heterocycles. The Bertz CT molecular complexity index is 508. The Balaban J connectivity index is 1.44. The Labute approximate surface area is 141 Å². The fourth-order valence-electron chi connectivity index (χ4n) is 3.93. The van der Waals surface area contributed by atoms with Crippen LogP contribution in [0.3, 0.4) is 0 Å². The number of hydrogen-bond acceptors (Lipinski definition) is 4. The van der Waals surface area contributed by atoms with E-state index in [1.807, 2.05) is 0 Å². The molecular formula is C19H32N4. The molecule has 2 heterocycles.